The predicted molar refractivity (Wildman–Crippen MR) is 111 cm³/mol. The van der Waals surface area contributed by atoms with Gasteiger partial charge in [-0.25, -0.2) is 0 Å². The van der Waals surface area contributed by atoms with Gasteiger partial charge in [0, 0.05) is 16.6 Å². The highest BCUT2D eigenvalue weighted by Crippen LogP contribution is 2.30. The van der Waals surface area contributed by atoms with E-state index in [9.17, 15) is 9.59 Å². The molecular weight excluding hydrogens is 356 g/mol. The van der Waals surface area contributed by atoms with E-state index in [1.165, 1.54) is 0 Å². The van der Waals surface area contributed by atoms with Crippen LogP contribution in [0.15, 0.2) is 47.8 Å². The molecule has 1 atom stereocenters. The van der Waals surface area contributed by atoms with E-state index < -0.39 is 5.54 Å². The first kappa shape index (κ1) is 19.6. The van der Waals surface area contributed by atoms with Crippen molar-refractivity contribution in [1.82, 2.24) is 5.32 Å². The van der Waals surface area contributed by atoms with Crippen molar-refractivity contribution in [2.45, 2.75) is 64.0 Å². The van der Waals surface area contributed by atoms with E-state index >= 15 is 0 Å². The number of carbonyl (C=O) groups is 2. The summed E-state index contributed by atoms with van der Waals surface area (Å²) in [7, 11) is 0. The van der Waals surface area contributed by atoms with Crippen LogP contribution in [0.4, 0.5) is 5.69 Å². The molecule has 2 amide bonds. The Labute approximate surface area is 165 Å². The third kappa shape index (κ3) is 4.41. The minimum absolute atomic E-state index is 0.0467. The lowest BCUT2D eigenvalue weighted by molar-refractivity contribution is -0.130. The molecule has 1 unspecified atom stereocenters. The molecule has 0 aliphatic heterocycles. The molecule has 2 aromatic rings. The van der Waals surface area contributed by atoms with E-state index in [4.69, 9.17) is 0 Å². The summed E-state index contributed by atoms with van der Waals surface area (Å²) in [6.45, 7) is 3.86. The molecule has 1 aromatic carbocycles. The average molecular weight is 385 g/mol. The fourth-order valence-corrected chi connectivity index (χ4v) is 4.45. The lowest BCUT2D eigenvalue weighted by atomic mass is 9.92. The van der Waals surface area contributed by atoms with Gasteiger partial charge in [-0.05, 0) is 49.8 Å². The number of anilines is 1. The summed E-state index contributed by atoms with van der Waals surface area (Å²) >= 11 is 1.57. The number of carbonyl (C=O) groups excluding carboxylic acids is 2. The quantitative estimate of drug-likeness (QED) is 0.761. The van der Waals surface area contributed by atoms with Crippen molar-refractivity contribution in [3.8, 4) is 0 Å². The van der Waals surface area contributed by atoms with Gasteiger partial charge < -0.3 is 5.32 Å². The number of rotatable bonds is 7. The summed E-state index contributed by atoms with van der Waals surface area (Å²) in [5.74, 6) is -0.102. The van der Waals surface area contributed by atoms with Crippen LogP contribution in [0, 0.1) is 0 Å². The Kier molecular flexibility index (Phi) is 6.32. The molecule has 1 N–H and O–H groups in total. The number of hydrogen-bond donors (Lipinski definition) is 1. The molecule has 1 aliphatic rings. The van der Waals surface area contributed by atoms with Gasteiger partial charge in [-0.3, -0.25) is 14.5 Å². The van der Waals surface area contributed by atoms with Gasteiger partial charge in [0.05, 0.1) is 6.42 Å². The minimum atomic E-state index is -0.918. The third-order valence-electron chi connectivity index (χ3n) is 5.53. The normalized spacial score (nSPS) is 16.7. The Hall–Kier alpha value is -2.14. The van der Waals surface area contributed by atoms with Crippen LogP contribution in [0.25, 0.3) is 0 Å². The van der Waals surface area contributed by atoms with Crippen molar-refractivity contribution in [1.29, 1.82) is 0 Å². The molecule has 1 fully saturated rings. The molecule has 0 radical (unpaired) electrons. The highest BCUT2D eigenvalue weighted by Gasteiger charge is 2.42. The van der Waals surface area contributed by atoms with Crippen LogP contribution in [0.2, 0.25) is 0 Å². The average Bonchev–Trinajstić information content (AvgIpc) is 3.36. The molecule has 144 valence electrons. The number of thiophene rings is 1. The van der Waals surface area contributed by atoms with Gasteiger partial charge in [0.15, 0.2) is 0 Å². The molecule has 27 heavy (non-hydrogen) atoms. The molecule has 1 heterocycles. The van der Waals surface area contributed by atoms with Crippen molar-refractivity contribution in [2.75, 3.05) is 4.90 Å². The Bertz CT molecular complexity index is 754. The highest BCUT2D eigenvalue weighted by molar-refractivity contribution is 7.10. The molecule has 0 bridgehead atoms. The monoisotopic (exact) mass is 384 g/mol. The van der Waals surface area contributed by atoms with Crippen LogP contribution >= 0.6 is 11.3 Å². The van der Waals surface area contributed by atoms with E-state index in [0.29, 0.717) is 12.8 Å². The predicted octanol–water partition coefficient (Wildman–Crippen LogP) is 4.55. The largest absolute Gasteiger partial charge is 0.351 e. The summed E-state index contributed by atoms with van der Waals surface area (Å²) in [6, 6.07) is 13.7. The fourth-order valence-electron chi connectivity index (χ4n) is 3.75. The SMILES string of the molecule is CCC(C)(C(=O)NC1CCCC1)N(C(=O)Cc1cccs1)c1ccccc1. The molecule has 4 nitrogen and oxygen atoms in total. The Balaban J connectivity index is 1.90. The molecule has 0 saturated heterocycles. The van der Waals surface area contributed by atoms with Crippen LogP contribution in [-0.4, -0.2) is 23.4 Å². The number of amides is 2. The van der Waals surface area contributed by atoms with E-state index in [-0.39, 0.29) is 17.9 Å². The fraction of sp³-hybridized carbons (Fsp3) is 0.455. The number of para-hydroxylation sites is 1. The van der Waals surface area contributed by atoms with Crippen molar-refractivity contribution in [2.24, 2.45) is 0 Å². The first-order valence-electron chi connectivity index (χ1n) is 9.76. The van der Waals surface area contributed by atoms with Gasteiger partial charge in [0.2, 0.25) is 11.8 Å². The lowest BCUT2D eigenvalue weighted by Gasteiger charge is -2.40. The second-order valence-electron chi connectivity index (χ2n) is 7.40. The molecule has 1 aliphatic carbocycles. The maximum atomic E-state index is 13.3. The number of benzene rings is 1. The second kappa shape index (κ2) is 8.70. The van der Waals surface area contributed by atoms with E-state index in [1.807, 2.05) is 61.7 Å². The molecule has 1 saturated carbocycles. The first-order chi connectivity index (χ1) is 13.0. The molecule has 3 rings (SSSR count). The molecule has 1 aromatic heterocycles. The lowest BCUT2D eigenvalue weighted by Crippen LogP contribution is -2.60. The van der Waals surface area contributed by atoms with Crippen LogP contribution in [0.1, 0.15) is 50.8 Å². The first-order valence-corrected chi connectivity index (χ1v) is 10.6. The maximum Gasteiger partial charge on any atom is 0.246 e. The summed E-state index contributed by atoms with van der Waals surface area (Å²) in [5, 5.41) is 5.18. The maximum absolute atomic E-state index is 13.3. The third-order valence-corrected chi connectivity index (χ3v) is 6.41. The zero-order chi connectivity index (χ0) is 19.3. The van der Waals surface area contributed by atoms with E-state index in [0.717, 1.165) is 36.2 Å². The van der Waals surface area contributed by atoms with Crippen LogP contribution in [0.3, 0.4) is 0 Å². The molecular formula is C22H28N2O2S. The molecule has 5 heteroatoms. The Morgan fingerprint density at radius 3 is 2.44 bits per heavy atom. The highest BCUT2D eigenvalue weighted by atomic mass is 32.1. The molecule has 0 spiro atoms. The van der Waals surface area contributed by atoms with Crippen LogP contribution < -0.4 is 10.2 Å². The minimum Gasteiger partial charge on any atom is -0.351 e. The van der Waals surface area contributed by atoms with Crippen molar-refractivity contribution in [3.05, 3.63) is 52.7 Å². The van der Waals surface area contributed by atoms with Gasteiger partial charge in [0.1, 0.15) is 5.54 Å². The Morgan fingerprint density at radius 1 is 1.15 bits per heavy atom. The van der Waals surface area contributed by atoms with Crippen LogP contribution in [-0.2, 0) is 16.0 Å². The van der Waals surface area contributed by atoms with Gasteiger partial charge in [0.25, 0.3) is 0 Å². The van der Waals surface area contributed by atoms with E-state index in [2.05, 4.69) is 5.32 Å². The van der Waals surface area contributed by atoms with E-state index in [1.54, 1.807) is 16.2 Å². The van der Waals surface area contributed by atoms with Gasteiger partial charge in [-0.2, -0.15) is 0 Å². The summed E-state index contributed by atoms with van der Waals surface area (Å²) in [6.07, 6.45) is 5.23. The number of hydrogen-bond acceptors (Lipinski definition) is 3. The van der Waals surface area contributed by atoms with Gasteiger partial charge in [-0.15, -0.1) is 11.3 Å². The Morgan fingerprint density at radius 2 is 1.85 bits per heavy atom. The topological polar surface area (TPSA) is 49.4 Å². The van der Waals surface area contributed by atoms with Gasteiger partial charge >= 0.3 is 0 Å². The van der Waals surface area contributed by atoms with Crippen molar-refractivity contribution >= 4 is 28.8 Å². The zero-order valence-electron chi connectivity index (χ0n) is 16.1. The number of nitrogens with one attached hydrogen (secondary N) is 1. The van der Waals surface area contributed by atoms with Gasteiger partial charge in [-0.1, -0.05) is 44.0 Å². The zero-order valence-corrected chi connectivity index (χ0v) is 16.9. The van der Waals surface area contributed by atoms with Crippen molar-refractivity contribution in [3.63, 3.8) is 0 Å². The number of nitrogens with zero attached hydrogens (tertiary/aromatic N) is 1. The summed E-state index contributed by atoms with van der Waals surface area (Å²) in [4.78, 5) is 29.3. The standard InChI is InChI=1S/C22H28N2O2S/c1-3-22(2,21(26)23-17-10-7-8-11-17)24(18-12-5-4-6-13-18)20(25)16-19-14-9-15-27-19/h4-6,9,12-15,17H,3,7-8,10-11,16H2,1-2H3,(H,23,26). The summed E-state index contributed by atoms with van der Waals surface area (Å²) < 4.78 is 0. The smallest absolute Gasteiger partial charge is 0.246 e. The van der Waals surface area contributed by atoms with Crippen molar-refractivity contribution < 1.29 is 9.59 Å². The van der Waals surface area contributed by atoms with Crippen LogP contribution in [0.5, 0.6) is 0 Å². The second-order valence-corrected chi connectivity index (χ2v) is 8.44. The summed E-state index contributed by atoms with van der Waals surface area (Å²) in [5.41, 5.74) is -0.150.